The summed E-state index contributed by atoms with van der Waals surface area (Å²) in [6, 6.07) is 24.1. The fraction of sp³-hybridized carbons (Fsp3) is 0.100. The van der Waals surface area contributed by atoms with Gasteiger partial charge in [0.1, 0.15) is 71.8 Å². The van der Waals surface area contributed by atoms with Gasteiger partial charge in [-0.1, -0.05) is 0 Å². The minimum Gasteiger partial charge on any atom is -0.505 e. The molecule has 8 N–H and O–H groups in total. The van der Waals surface area contributed by atoms with Gasteiger partial charge in [-0.2, -0.15) is 43.9 Å². The Kier molecular flexibility index (Phi) is 16.5. The van der Waals surface area contributed by atoms with Crippen molar-refractivity contribution in [2.24, 2.45) is 40.9 Å². The minimum atomic E-state index is -5.18. The molecule has 0 heterocycles. The Morgan fingerprint density at radius 2 is 0.939 bits per heavy atom. The number of anilines is 2. The summed E-state index contributed by atoms with van der Waals surface area (Å²) in [5.74, 6) is -0.774. The SMILES string of the molecule is COc1cc(N=Nc2cc(OC)c(N=Nc3c(S(=O)(=O)O)cc4cc(NC(=O)c5ccc(N)cc5)ccc4c3O)cc2OC)c(OC)cc1N=Nc1ccc(N=Nc2cc3c(S(=O)(=O)O)cc(S(=O)(=O)O)cc3cc2S(=O)(=O)O)c(C)c1. The largest absolute Gasteiger partial charge is 0.505 e. The van der Waals surface area contributed by atoms with E-state index < -0.39 is 93.9 Å². The average Bonchev–Trinajstić information content (AvgIpc) is 2.29. The Bertz CT molecular complexity index is 4540. The third-order valence-corrected chi connectivity index (χ3v) is 15.3. The molecule has 0 spiro atoms. The van der Waals surface area contributed by atoms with Crippen molar-refractivity contribution in [2.45, 2.75) is 26.5 Å². The van der Waals surface area contributed by atoms with Crippen LogP contribution in [0.3, 0.4) is 0 Å². The molecule has 0 fully saturated rings. The smallest absolute Gasteiger partial charge is 0.296 e. The first-order chi connectivity index (χ1) is 38.6. The van der Waals surface area contributed by atoms with Crippen molar-refractivity contribution >= 4 is 125 Å². The Balaban J connectivity index is 1.04. The maximum absolute atomic E-state index is 12.8. The number of phenolic OH excluding ortho intramolecular Hbond substituents is 1. The quantitative estimate of drug-likeness (QED) is 0.0238. The molecule has 0 bridgehead atoms. The molecule has 0 atom stereocenters. The van der Waals surface area contributed by atoms with Crippen LogP contribution in [0.4, 0.5) is 56.9 Å². The number of nitrogen functional groups attached to an aromatic ring is 1. The molecule has 0 aliphatic rings. The normalized spacial score (nSPS) is 12.5. The lowest BCUT2D eigenvalue weighted by atomic mass is 10.1. The molecule has 28 nitrogen and oxygen atoms in total. The average molecular weight is 1200 g/mol. The predicted octanol–water partition coefficient (Wildman–Crippen LogP) is 11.5. The number of carbonyl (C=O) groups excluding carboxylic acids is 1. The molecule has 0 aliphatic heterocycles. The lowest BCUT2D eigenvalue weighted by molar-refractivity contribution is 0.102. The number of nitrogens with zero attached hydrogens (tertiary/aromatic N) is 8. The number of aryl methyl sites for hydroxylation is 1. The van der Waals surface area contributed by atoms with Gasteiger partial charge in [0, 0.05) is 52.0 Å². The van der Waals surface area contributed by atoms with E-state index in [0.29, 0.717) is 28.9 Å². The number of nitrogens with two attached hydrogens (primary N) is 1. The Hall–Kier alpha value is -9.41. The van der Waals surface area contributed by atoms with E-state index in [2.05, 4.69) is 46.2 Å². The molecule has 8 rings (SSSR count). The molecule has 1 amide bonds. The molecule has 0 aliphatic carbocycles. The summed E-state index contributed by atoms with van der Waals surface area (Å²) < 4.78 is 160. The number of fused-ring (bicyclic) bond motifs is 2. The van der Waals surface area contributed by atoms with Crippen molar-refractivity contribution in [3.05, 3.63) is 126 Å². The van der Waals surface area contributed by atoms with Crippen LogP contribution >= 0.6 is 0 Å². The number of ether oxygens (including phenoxy) is 4. The summed E-state index contributed by atoms with van der Waals surface area (Å²) in [5, 5.41) is 46.7. The van der Waals surface area contributed by atoms with E-state index in [1.54, 1.807) is 19.1 Å². The number of nitrogens with one attached hydrogen (secondary N) is 1. The van der Waals surface area contributed by atoms with Gasteiger partial charge in [-0.15, -0.1) is 30.7 Å². The van der Waals surface area contributed by atoms with Gasteiger partial charge < -0.3 is 35.1 Å². The summed E-state index contributed by atoms with van der Waals surface area (Å²) in [6.45, 7) is 1.59. The number of carbonyl (C=O) groups is 1. The van der Waals surface area contributed by atoms with E-state index in [1.807, 2.05) is 0 Å². The summed E-state index contributed by atoms with van der Waals surface area (Å²) in [7, 11) is -15.1. The van der Waals surface area contributed by atoms with Gasteiger partial charge in [-0.05, 0) is 114 Å². The van der Waals surface area contributed by atoms with Crippen LogP contribution in [0.1, 0.15) is 15.9 Å². The minimum absolute atomic E-state index is 0.0227. The number of benzene rings is 8. The maximum atomic E-state index is 12.8. The number of hydrogen-bond donors (Lipinski definition) is 7. The number of aromatic hydroxyl groups is 1. The summed E-state index contributed by atoms with van der Waals surface area (Å²) in [4.78, 5) is 9.10. The predicted molar refractivity (Wildman–Crippen MR) is 295 cm³/mol. The van der Waals surface area contributed by atoms with Gasteiger partial charge in [0.15, 0.2) is 5.75 Å². The monoisotopic (exact) mass is 1200 g/mol. The summed E-state index contributed by atoms with van der Waals surface area (Å²) in [6.07, 6.45) is 0. The molecule has 8 aromatic carbocycles. The molecular formula is C50H42N10O18S4. The van der Waals surface area contributed by atoms with Gasteiger partial charge in [0.05, 0.1) is 44.7 Å². The molecule has 8 aromatic rings. The van der Waals surface area contributed by atoms with Crippen LogP contribution in [0.2, 0.25) is 0 Å². The fourth-order valence-corrected chi connectivity index (χ4v) is 10.5. The molecule has 32 heteroatoms. The Morgan fingerprint density at radius 3 is 1.44 bits per heavy atom. The van der Waals surface area contributed by atoms with Crippen LogP contribution in [0.15, 0.2) is 176 Å². The highest BCUT2D eigenvalue weighted by molar-refractivity contribution is 7.87. The molecule has 0 radical (unpaired) electrons. The molecular weight excluding hydrogens is 1160 g/mol. The number of rotatable bonds is 18. The maximum Gasteiger partial charge on any atom is 0.296 e. The summed E-state index contributed by atoms with van der Waals surface area (Å²) >= 11 is 0. The second-order valence-corrected chi connectivity index (χ2v) is 22.7. The highest BCUT2D eigenvalue weighted by Gasteiger charge is 2.26. The molecule has 0 saturated heterocycles. The molecule has 0 saturated carbocycles. The first-order valence-corrected chi connectivity index (χ1v) is 28.6. The van der Waals surface area contributed by atoms with Gasteiger partial charge >= 0.3 is 0 Å². The Labute approximate surface area is 465 Å². The number of amides is 1. The van der Waals surface area contributed by atoms with Crippen molar-refractivity contribution in [1.29, 1.82) is 0 Å². The van der Waals surface area contributed by atoms with Crippen LogP contribution in [0.5, 0.6) is 28.7 Å². The van der Waals surface area contributed by atoms with Crippen molar-refractivity contribution in [3.63, 3.8) is 0 Å². The molecule has 424 valence electrons. The number of phenols is 1. The van der Waals surface area contributed by atoms with Crippen molar-refractivity contribution < 1.29 is 80.7 Å². The second-order valence-electron chi connectivity index (χ2n) is 17.1. The first kappa shape index (κ1) is 58.7. The van der Waals surface area contributed by atoms with Crippen molar-refractivity contribution in [2.75, 3.05) is 39.5 Å². The highest BCUT2D eigenvalue weighted by Crippen LogP contribution is 2.47. The second kappa shape index (κ2) is 23.0. The topological polar surface area (TPSA) is 429 Å². The van der Waals surface area contributed by atoms with Crippen LogP contribution in [0, 0.1) is 6.92 Å². The van der Waals surface area contributed by atoms with E-state index in [1.165, 1.54) is 101 Å². The highest BCUT2D eigenvalue weighted by atomic mass is 32.2. The zero-order valence-electron chi connectivity index (χ0n) is 42.8. The number of methoxy groups -OCH3 is 4. The molecule has 0 unspecified atom stereocenters. The number of azo groups is 4. The van der Waals surface area contributed by atoms with Crippen molar-refractivity contribution in [3.8, 4) is 28.7 Å². The standard InChI is InChI=1S/C50H42N10O18S4/c1-25-14-31(11-13-35(25)54-59-40-20-34-28(17-46(40)81(69,70)71)16-32(79(63,64)65)19-45(34)80(66,67)68)53-55-36-21-42(76-3)37(22-41(36)75-2)56-57-38-23-44(78-5)39(24-43(38)77-4)58-60-48-47(82(72,73)74)18-27-15-30(10-12-33(27)49(48)61)52-50(62)26-6-8-29(51)9-7-26/h6-24,61H,51H2,1-5H3,(H,52,62)(H,63,64,65)(H,66,67,68)(H,69,70,71)(H,72,73,74). The lowest BCUT2D eigenvalue weighted by Gasteiger charge is -2.12. The van der Waals surface area contributed by atoms with E-state index in [9.17, 15) is 61.8 Å². The van der Waals surface area contributed by atoms with Crippen molar-refractivity contribution in [1.82, 2.24) is 0 Å². The number of hydrogen-bond acceptors (Lipinski definition) is 23. The third-order valence-electron chi connectivity index (χ3n) is 11.8. The first-order valence-electron chi connectivity index (χ1n) is 22.9. The van der Waals surface area contributed by atoms with E-state index >= 15 is 0 Å². The Morgan fingerprint density at radius 1 is 0.463 bits per heavy atom. The van der Waals surface area contributed by atoms with Gasteiger partial charge in [0.25, 0.3) is 46.4 Å². The third kappa shape index (κ3) is 12.9. The molecule has 82 heavy (non-hydrogen) atoms. The fourth-order valence-electron chi connectivity index (χ4n) is 7.81. The summed E-state index contributed by atoms with van der Waals surface area (Å²) in [5.41, 5.74) is 6.62. The van der Waals surface area contributed by atoms with Crippen LogP contribution in [-0.2, 0) is 40.5 Å². The lowest BCUT2D eigenvalue weighted by Crippen LogP contribution is -2.11. The van der Waals surface area contributed by atoms with Gasteiger partial charge in [-0.3, -0.25) is 23.0 Å². The van der Waals surface area contributed by atoms with E-state index in [0.717, 1.165) is 18.2 Å². The van der Waals surface area contributed by atoms with Crippen LogP contribution < -0.4 is 30.0 Å². The molecule has 0 aromatic heterocycles. The zero-order valence-corrected chi connectivity index (χ0v) is 46.1. The van der Waals surface area contributed by atoms with E-state index in [-0.39, 0.29) is 73.6 Å². The van der Waals surface area contributed by atoms with Gasteiger partial charge in [0.2, 0.25) is 0 Å². The van der Waals surface area contributed by atoms with Crippen LogP contribution in [-0.4, -0.2) is 91.3 Å². The van der Waals surface area contributed by atoms with E-state index in [4.69, 9.17) is 24.7 Å². The van der Waals surface area contributed by atoms with Gasteiger partial charge in [-0.25, -0.2) is 0 Å². The van der Waals surface area contributed by atoms with Crippen LogP contribution in [0.25, 0.3) is 21.5 Å². The zero-order chi connectivity index (χ0) is 59.6.